The second-order valence-electron chi connectivity index (χ2n) is 7.00. The maximum atomic E-state index is 11.6. The molecule has 0 aromatic carbocycles. The number of ether oxygens (including phenoxy) is 1. The predicted molar refractivity (Wildman–Crippen MR) is 93.2 cm³/mol. The molecule has 0 bridgehead atoms. The van der Waals surface area contributed by atoms with Gasteiger partial charge in [0, 0.05) is 32.2 Å². The van der Waals surface area contributed by atoms with Crippen LogP contribution in [0, 0.1) is 5.92 Å². The quantitative estimate of drug-likeness (QED) is 0.775. The van der Waals surface area contributed by atoms with E-state index in [0.717, 1.165) is 38.4 Å². The molecule has 1 unspecified atom stereocenters. The lowest BCUT2D eigenvalue weighted by molar-refractivity contribution is 0.200. The second-order valence-corrected chi connectivity index (χ2v) is 9.23. The van der Waals surface area contributed by atoms with Gasteiger partial charge in [0.2, 0.25) is 5.88 Å². The van der Waals surface area contributed by atoms with Gasteiger partial charge in [-0.2, -0.15) is 4.98 Å². The third kappa shape index (κ3) is 4.36. The summed E-state index contributed by atoms with van der Waals surface area (Å²) < 4.78 is 28.9. The summed E-state index contributed by atoms with van der Waals surface area (Å²) in [5.74, 6) is 2.48. The molecule has 2 fully saturated rings. The van der Waals surface area contributed by atoms with Crippen molar-refractivity contribution in [2.75, 3.05) is 49.2 Å². The molecule has 3 rings (SSSR count). The van der Waals surface area contributed by atoms with Gasteiger partial charge >= 0.3 is 0 Å². The smallest absolute Gasteiger partial charge is 0.234 e. The molecule has 0 saturated carbocycles. The van der Waals surface area contributed by atoms with Crippen LogP contribution in [-0.4, -0.2) is 73.6 Å². The molecular weight excluding hydrogens is 328 g/mol. The molecule has 2 aliphatic rings. The molecule has 7 nitrogen and oxygen atoms in total. The Morgan fingerprint density at radius 2 is 2.00 bits per heavy atom. The van der Waals surface area contributed by atoms with Gasteiger partial charge in [0.25, 0.3) is 0 Å². The van der Waals surface area contributed by atoms with Gasteiger partial charge < -0.3 is 9.64 Å². The Labute approximate surface area is 143 Å². The van der Waals surface area contributed by atoms with Crippen LogP contribution >= 0.6 is 0 Å². The highest BCUT2D eigenvalue weighted by Gasteiger charge is 2.33. The Morgan fingerprint density at radius 1 is 1.25 bits per heavy atom. The van der Waals surface area contributed by atoms with E-state index < -0.39 is 9.84 Å². The zero-order valence-corrected chi connectivity index (χ0v) is 15.2. The molecule has 2 saturated heterocycles. The van der Waals surface area contributed by atoms with Crippen molar-refractivity contribution in [2.45, 2.75) is 26.3 Å². The van der Waals surface area contributed by atoms with Crippen LogP contribution in [0.3, 0.4) is 0 Å². The monoisotopic (exact) mass is 354 g/mol. The van der Waals surface area contributed by atoms with Crippen molar-refractivity contribution >= 4 is 15.7 Å². The summed E-state index contributed by atoms with van der Waals surface area (Å²) in [5.41, 5.74) is 0. The molecule has 3 heterocycles. The first kappa shape index (κ1) is 17.4. The fourth-order valence-electron chi connectivity index (χ4n) is 3.19. The maximum Gasteiger partial charge on any atom is 0.234 e. The molecule has 24 heavy (non-hydrogen) atoms. The van der Waals surface area contributed by atoms with E-state index in [4.69, 9.17) is 4.74 Å². The van der Waals surface area contributed by atoms with E-state index in [2.05, 4.69) is 33.6 Å². The van der Waals surface area contributed by atoms with Crippen LogP contribution in [-0.2, 0) is 9.84 Å². The average Bonchev–Trinajstić information content (AvgIpc) is 2.93. The molecule has 134 valence electrons. The first-order valence-electron chi connectivity index (χ1n) is 8.57. The minimum absolute atomic E-state index is 0.184. The van der Waals surface area contributed by atoms with Crippen LogP contribution in [0.2, 0.25) is 0 Å². The molecular formula is C16H26N4O3S. The number of nitrogens with zero attached hydrogens (tertiary/aromatic N) is 4. The van der Waals surface area contributed by atoms with E-state index in [1.807, 2.05) is 0 Å². The number of anilines is 1. The van der Waals surface area contributed by atoms with Gasteiger partial charge in [0.05, 0.1) is 30.5 Å². The Kier molecular flexibility index (Phi) is 5.24. The van der Waals surface area contributed by atoms with E-state index in [1.165, 1.54) is 0 Å². The number of hydrogen-bond acceptors (Lipinski definition) is 7. The molecule has 0 spiro atoms. The van der Waals surface area contributed by atoms with Gasteiger partial charge in [-0.1, -0.05) is 13.8 Å². The van der Waals surface area contributed by atoms with Crippen molar-refractivity contribution in [1.29, 1.82) is 0 Å². The van der Waals surface area contributed by atoms with Crippen molar-refractivity contribution in [2.24, 2.45) is 5.92 Å². The fraction of sp³-hybridized carbons (Fsp3) is 0.750. The number of hydrogen-bond donors (Lipinski definition) is 0. The SMILES string of the molecule is CC(C)COc1cncc(N2CCN(C3CCS(=O)(=O)C3)CC2)n1. The molecule has 1 atom stereocenters. The largest absolute Gasteiger partial charge is 0.476 e. The Bertz CT molecular complexity index is 657. The van der Waals surface area contributed by atoms with Gasteiger partial charge in [-0.15, -0.1) is 0 Å². The van der Waals surface area contributed by atoms with Crippen molar-refractivity contribution in [3.05, 3.63) is 12.4 Å². The molecule has 0 amide bonds. The summed E-state index contributed by atoms with van der Waals surface area (Å²) >= 11 is 0. The van der Waals surface area contributed by atoms with Crippen LogP contribution in [0.1, 0.15) is 20.3 Å². The highest BCUT2D eigenvalue weighted by molar-refractivity contribution is 7.91. The minimum Gasteiger partial charge on any atom is -0.476 e. The summed E-state index contributed by atoms with van der Waals surface area (Å²) in [6, 6.07) is 0.184. The topological polar surface area (TPSA) is 75.6 Å². The summed E-state index contributed by atoms with van der Waals surface area (Å²) in [6.45, 7) is 8.21. The standard InChI is InChI=1S/C16H26N4O3S/c1-13(2)11-23-16-10-17-9-15(18-16)20-6-4-19(5-7-20)14-3-8-24(21,22)12-14/h9-10,13-14H,3-8,11-12H2,1-2H3. The average molecular weight is 354 g/mol. The fourth-order valence-corrected chi connectivity index (χ4v) is 4.95. The molecule has 1 aromatic heterocycles. The van der Waals surface area contributed by atoms with Crippen LogP contribution in [0.5, 0.6) is 5.88 Å². The minimum atomic E-state index is -2.82. The number of piperazine rings is 1. The van der Waals surface area contributed by atoms with E-state index in [0.29, 0.717) is 29.9 Å². The van der Waals surface area contributed by atoms with Gasteiger partial charge in [-0.3, -0.25) is 9.88 Å². The van der Waals surface area contributed by atoms with Crippen LogP contribution < -0.4 is 9.64 Å². The lowest BCUT2D eigenvalue weighted by atomic mass is 10.2. The van der Waals surface area contributed by atoms with Gasteiger partial charge in [0.15, 0.2) is 15.7 Å². The van der Waals surface area contributed by atoms with Crippen LogP contribution in [0.4, 0.5) is 5.82 Å². The molecule has 0 aliphatic carbocycles. The second kappa shape index (κ2) is 7.23. The first-order chi connectivity index (χ1) is 11.4. The summed E-state index contributed by atoms with van der Waals surface area (Å²) in [7, 11) is -2.82. The molecule has 1 aromatic rings. The summed E-state index contributed by atoms with van der Waals surface area (Å²) in [6.07, 6.45) is 4.17. The van der Waals surface area contributed by atoms with Crippen molar-refractivity contribution in [1.82, 2.24) is 14.9 Å². The van der Waals surface area contributed by atoms with Crippen molar-refractivity contribution in [3.8, 4) is 5.88 Å². The molecule has 8 heteroatoms. The highest BCUT2D eigenvalue weighted by Crippen LogP contribution is 2.21. The molecule has 2 aliphatic heterocycles. The van der Waals surface area contributed by atoms with Gasteiger partial charge in [0.1, 0.15) is 0 Å². The number of rotatable bonds is 5. The third-order valence-corrected chi connectivity index (χ3v) is 6.28. The first-order valence-corrected chi connectivity index (χ1v) is 10.4. The summed E-state index contributed by atoms with van der Waals surface area (Å²) in [5, 5.41) is 0. The Morgan fingerprint density at radius 3 is 2.62 bits per heavy atom. The zero-order chi connectivity index (χ0) is 17.2. The normalized spacial score (nSPS) is 24.5. The van der Waals surface area contributed by atoms with Crippen LogP contribution in [0.15, 0.2) is 12.4 Å². The molecule has 0 radical (unpaired) electrons. The van der Waals surface area contributed by atoms with Crippen LogP contribution in [0.25, 0.3) is 0 Å². The van der Waals surface area contributed by atoms with E-state index >= 15 is 0 Å². The number of sulfone groups is 1. The lowest BCUT2D eigenvalue weighted by Crippen LogP contribution is -2.51. The highest BCUT2D eigenvalue weighted by atomic mass is 32.2. The summed E-state index contributed by atoms with van der Waals surface area (Å²) in [4.78, 5) is 13.3. The predicted octanol–water partition coefficient (Wildman–Crippen LogP) is 0.821. The lowest BCUT2D eigenvalue weighted by Gasteiger charge is -2.38. The molecule has 0 N–H and O–H groups in total. The third-order valence-electron chi connectivity index (χ3n) is 4.53. The maximum absolute atomic E-state index is 11.6. The van der Waals surface area contributed by atoms with Gasteiger partial charge in [-0.25, -0.2) is 8.42 Å². The number of aromatic nitrogens is 2. The Balaban J connectivity index is 1.56. The van der Waals surface area contributed by atoms with Crippen molar-refractivity contribution in [3.63, 3.8) is 0 Å². The zero-order valence-electron chi connectivity index (χ0n) is 14.4. The van der Waals surface area contributed by atoms with Gasteiger partial charge in [-0.05, 0) is 12.3 Å². The van der Waals surface area contributed by atoms with E-state index in [9.17, 15) is 8.42 Å². The van der Waals surface area contributed by atoms with E-state index in [-0.39, 0.29) is 6.04 Å². The van der Waals surface area contributed by atoms with E-state index in [1.54, 1.807) is 12.4 Å². The van der Waals surface area contributed by atoms with Crippen molar-refractivity contribution < 1.29 is 13.2 Å². The Hall–Kier alpha value is -1.41.